The highest BCUT2D eigenvalue weighted by Crippen LogP contribution is 2.40. The summed E-state index contributed by atoms with van der Waals surface area (Å²) in [5.74, 6) is -2.70. The zero-order valence-electron chi connectivity index (χ0n) is 11.5. The first-order valence-electron chi connectivity index (χ1n) is 5.81. The fourth-order valence-electron chi connectivity index (χ4n) is 1.54. The van der Waals surface area contributed by atoms with Crippen molar-refractivity contribution in [1.82, 2.24) is 4.98 Å². The molecule has 0 unspecified atom stereocenters. The van der Waals surface area contributed by atoms with Gasteiger partial charge < -0.3 is 14.2 Å². The number of carbonyl (C=O) groups excluding carboxylic acids is 1. The van der Waals surface area contributed by atoms with Gasteiger partial charge in [0.1, 0.15) is 0 Å². The van der Waals surface area contributed by atoms with Crippen molar-refractivity contribution in [2.45, 2.75) is 19.7 Å². The van der Waals surface area contributed by atoms with Crippen LogP contribution in [0.1, 0.15) is 12.5 Å². The Morgan fingerprint density at radius 1 is 1.45 bits per heavy atom. The van der Waals surface area contributed by atoms with Crippen LogP contribution in [0.25, 0.3) is 0 Å². The van der Waals surface area contributed by atoms with E-state index >= 15 is 0 Å². The van der Waals surface area contributed by atoms with E-state index in [9.17, 15) is 28.1 Å². The number of hydrogen-bond donors (Lipinski definition) is 0. The van der Waals surface area contributed by atoms with Gasteiger partial charge in [0.2, 0.25) is 5.75 Å². The van der Waals surface area contributed by atoms with Crippen LogP contribution in [0.2, 0.25) is 0 Å². The number of pyridine rings is 1. The minimum Gasteiger partial charge on any atom is -0.476 e. The molecular weight excluding hydrogens is 313 g/mol. The molecule has 1 aromatic rings. The molecule has 0 aliphatic rings. The van der Waals surface area contributed by atoms with Crippen LogP contribution in [-0.4, -0.2) is 36.0 Å². The van der Waals surface area contributed by atoms with Gasteiger partial charge in [0.05, 0.1) is 25.1 Å². The zero-order valence-corrected chi connectivity index (χ0v) is 11.5. The van der Waals surface area contributed by atoms with Crippen LogP contribution in [0.3, 0.4) is 0 Å². The lowest BCUT2D eigenvalue weighted by Gasteiger charge is -2.14. The van der Waals surface area contributed by atoms with Gasteiger partial charge in [-0.3, -0.25) is 14.9 Å². The van der Waals surface area contributed by atoms with E-state index in [2.05, 4.69) is 19.2 Å². The molecule has 0 aromatic carbocycles. The molecule has 11 heteroatoms. The third-order valence-corrected chi connectivity index (χ3v) is 2.28. The lowest BCUT2D eigenvalue weighted by molar-refractivity contribution is -0.390. The molecule has 0 amide bonds. The standard InChI is InChI=1S/C11H11F3N2O6/c1-3-21-7(17)4-6-5-15-10(20-2)8(16(18)19)9(6)22-11(12,13)14/h5H,3-4H2,1-2H3. The zero-order chi connectivity index (χ0) is 16.9. The van der Waals surface area contributed by atoms with Crippen molar-refractivity contribution in [2.75, 3.05) is 13.7 Å². The van der Waals surface area contributed by atoms with Crippen molar-refractivity contribution < 1.29 is 37.1 Å². The van der Waals surface area contributed by atoms with E-state index in [0.29, 0.717) is 0 Å². The fourth-order valence-corrected chi connectivity index (χ4v) is 1.54. The van der Waals surface area contributed by atoms with Crippen molar-refractivity contribution in [3.05, 3.63) is 21.9 Å². The van der Waals surface area contributed by atoms with E-state index in [0.717, 1.165) is 13.3 Å². The molecule has 0 fully saturated rings. The van der Waals surface area contributed by atoms with Crippen molar-refractivity contribution in [3.63, 3.8) is 0 Å². The number of ether oxygens (including phenoxy) is 3. The second kappa shape index (κ2) is 6.91. The van der Waals surface area contributed by atoms with E-state index in [1.807, 2.05) is 0 Å². The number of nitro groups is 1. The summed E-state index contributed by atoms with van der Waals surface area (Å²) < 4.78 is 50.2. The predicted molar refractivity (Wildman–Crippen MR) is 64.5 cm³/mol. The van der Waals surface area contributed by atoms with Gasteiger partial charge in [0.25, 0.3) is 5.88 Å². The molecule has 22 heavy (non-hydrogen) atoms. The summed E-state index contributed by atoms with van der Waals surface area (Å²) in [5, 5.41) is 11.0. The maximum Gasteiger partial charge on any atom is 0.573 e. The number of methoxy groups -OCH3 is 1. The highest BCUT2D eigenvalue weighted by Gasteiger charge is 2.38. The summed E-state index contributed by atoms with van der Waals surface area (Å²) >= 11 is 0. The summed E-state index contributed by atoms with van der Waals surface area (Å²) in [6, 6.07) is 0. The van der Waals surface area contributed by atoms with E-state index in [1.54, 1.807) is 0 Å². The van der Waals surface area contributed by atoms with Crippen LogP contribution in [0.5, 0.6) is 11.6 Å². The Hall–Kier alpha value is -2.59. The van der Waals surface area contributed by atoms with Gasteiger partial charge in [-0.2, -0.15) is 0 Å². The monoisotopic (exact) mass is 324 g/mol. The molecule has 0 saturated heterocycles. The van der Waals surface area contributed by atoms with Gasteiger partial charge in [-0.05, 0) is 6.92 Å². The quantitative estimate of drug-likeness (QED) is 0.448. The summed E-state index contributed by atoms with van der Waals surface area (Å²) in [7, 11) is 0.998. The molecule has 0 saturated carbocycles. The van der Waals surface area contributed by atoms with Gasteiger partial charge in [-0.25, -0.2) is 4.98 Å². The number of halogens is 3. The van der Waals surface area contributed by atoms with Gasteiger partial charge in [-0.1, -0.05) is 0 Å². The van der Waals surface area contributed by atoms with E-state index in [1.165, 1.54) is 6.92 Å². The maximum absolute atomic E-state index is 12.5. The minimum atomic E-state index is -5.19. The van der Waals surface area contributed by atoms with Gasteiger partial charge in [0.15, 0.2) is 0 Å². The Kier molecular flexibility index (Phi) is 5.49. The van der Waals surface area contributed by atoms with Crippen molar-refractivity contribution >= 4 is 11.7 Å². The third kappa shape index (κ3) is 4.46. The molecule has 0 spiro atoms. The second-order valence-corrected chi connectivity index (χ2v) is 3.76. The molecule has 1 aromatic heterocycles. The number of alkyl halides is 3. The van der Waals surface area contributed by atoms with Crippen LogP contribution < -0.4 is 9.47 Å². The Balaban J connectivity index is 3.39. The van der Waals surface area contributed by atoms with Crippen LogP contribution in [0.4, 0.5) is 18.9 Å². The number of nitrogens with zero attached hydrogens (tertiary/aromatic N) is 2. The average Bonchev–Trinajstić information content (AvgIpc) is 2.38. The second-order valence-electron chi connectivity index (χ2n) is 3.76. The average molecular weight is 324 g/mol. The third-order valence-electron chi connectivity index (χ3n) is 2.28. The molecule has 1 heterocycles. The van der Waals surface area contributed by atoms with E-state index < -0.39 is 46.6 Å². The summed E-state index contributed by atoms with van der Waals surface area (Å²) in [4.78, 5) is 24.7. The number of carbonyl (C=O) groups is 1. The number of aromatic nitrogens is 1. The van der Waals surface area contributed by atoms with Crippen LogP contribution in [0, 0.1) is 10.1 Å². The molecule has 0 N–H and O–H groups in total. The van der Waals surface area contributed by atoms with Gasteiger partial charge >= 0.3 is 18.0 Å². The summed E-state index contributed by atoms with van der Waals surface area (Å²) in [6.07, 6.45) is -5.04. The SMILES string of the molecule is CCOC(=O)Cc1cnc(OC)c([N+](=O)[O-])c1OC(F)(F)F. The predicted octanol–water partition coefficient (Wildman–Crippen LogP) is 2.00. The summed E-state index contributed by atoms with van der Waals surface area (Å²) in [6.45, 7) is 1.50. The maximum atomic E-state index is 12.5. The topological polar surface area (TPSA) is 101 Å². The normalized spacial score (nSPS) is 11.0. The Labute approximate surface area is 121 Å². The molecule has 0 aliphatic heterocycles. The molecule has 0 atom stereocenters. The van der Waals surface area contributed by atoms with Crippen LogP contribution in [0.15, 0.2) is 6.20 Å². The largest absolute Gasteiger partial charge is 0.573 e. The first kappa shape index (κ1) is 17.5. The van der Waals surface area contributed by atoms with E-state index in [-0.39, 0.29) is 6.61 Å². The first-order valence-corrected chi connectivity index (χ1v) is 5.81. The minimum absolute atomic E-state index is 0.0000286. The number of hydrogen-bond acceptors (Lipinski definition) is 7. The van der Waals surface area contributed by atoms with Crippen molar-refractivity contribution in [2.24, 2.45) is 0 Å². The lowest BCUT2D eigenvalue weighted by atomic mass is 10.1. The number of rotatable bonds is 6. The van der Waals surface area contributed by atoms with Crippen LogP contribution >= 0.6 is 0 Å². The van der Waals surface area contributed by atoms with Gasteiger partial charge in [-0.15, -0.1) is 13.2 Å². The Morgan fingerprint density at radius 3 is 2.55 bits per heavy atom. The number of esters is 1. The molecule has 8 nitrogen and oxygen atoms in total. The Morgan fingerprint density at radius 2 is 2.09 bits per heavy atom. The molecule has 1 rings (SSSR count). The van der Waals surface area contributed by atoms with Crippen molar-refractivity contribution in [1.29, 1.82) is 0 Å². The molecule has 0 bridgehead atoms. The lowest BCUT2D eigenvalue weighted by Crippen LogP contribution is -2.20. The molecule has 122 valence electrons. The highest BCUT2D eigenvalue weighted by atomic mass is 19.4. The first-order chi connectivity index (χ1) is 10.2. The van der Waals surface area contributed by atoms with Crippen LogP contribution in [-0.2, 0) is 16.0 Å². The molecule has 0 aliphatic carbocycles. The molecular formula is C11H11F3N2O6. The summed E-state index contributed by atoms with van der Waals surface area (Å²) in [5.41, 5.74) is -1.56. The van der Waals surface area contributed by atoms with E-state index in [4.69, 9.17) is 0 Å². The fraction of sp³-hybridized carbons (Fsp3) is 0.455. The highest BCUT2D eigenvalue weighted by molar-refractivity contribution is 5.75. The smallest absolute Gasteiger partial charge is 0.476 e. The van der Waals surface area contributed by atoms with Crippen molar-refractivity contribution in [3.8, 4) is 11.6 Å². The van der Waals surface area contributed by atoms with Gasteiger partial charge in [0, 0.05) is 11.8 Å². The molecule has 0 radical (unpaired) electrons. The Bertz CT molecular complexity index is 576.